The van der Waals surface area contributed by atoms with Crippen molar-refractivity contribution in [3.05, 3.63) is 200 Å². The van der Waals surface area contributed by atoms with Gasteiger partial charge >= 0.3 is 0 Å². The molecule has 2 saturated carbocycles. The van der Waals surface area contributed by atoms with Gasteiger partial charge < -0.3 is 78.3 Å². The number of piperidine rings is 5. The van der Waals surface area contributed by atoms with Gasteiger partial charge in [-0.25, -0.2) is 4.39 Å². The molecule has 18 heteroatoms. The number of methoxy groups -OCH3 is 1. The van der Waals surface area contributed by atoms with E-state index in [1.807, 2.05) is 6.07 Å². The molecule has 0 amide bonds. The van der Waals surface area contributed by atoms with E-state index in [1.165, 1.54) is 183 Å². The smallest absolute Gasteiger partial charge is 0.146 e. The van der Waals surface area contributed by atoms with Crippen LogP contribution in [0.3, 0.4) is 0 Å². The molecule has 5 saturated heterocycles. The first-order valence-electron chi connectivity index (χ1n) is 52.7. The fraction of sp³-hybridized carbons (Fsp3) is 0.644. The first-order chi connectivity index (χ1) is 64.6. The van der Waals surface area contributed by atoms with E-state index in [2.05, 4.69) is 401 Å². The maximum atomic E-state index is 14.2. The van der Waals surface area contributed by atoms with Gasteiger partial charge in [0, 0.05) is 143 Å². The third-order valence-corrected chi connectivity index (χ3v) is 31.1. The van der Waals surface area contributed by atoms with E-state index in [0.29, 0.717) is 77.7 Å². The van der Waals surface area contributed by atoms with Crippen LogP contribution < -0.4 is 38.9 Å². The minimum Gasteiger partial charge on any atom is -0.495 e. The van der Waals surface area contributed by atoms with Crippen molar-refractivity contribution < 1.29 is 19.0 Å². The molecule has 0 aromatic heterocycles. The predicted molar refractivity (Wildman–Crippen MR) is 589 cm³/mol. The number of hydrogen-bond acceptors (Lipinski definition) is 16. The lowest BCUT2D eigenvalue weighted by Crippen LogP contribution is -2.42. The molecule has 5 aliphatic heterocycles. The van der Waals surface area contributed by atoms with Gasteiger partial charge in [-0.1, -0.05) is 175 Å². The van der Waals surface area contributed by atoms with E-state index in [9.17, 15) is 9.50 Å². The molecule has 0 radical (unpaired) electrons. The van der Waals surface area contributed by atoms with E-state index in [4.69, 9.17) is 21.1 Å². The minimum absolute atomic E-state index is 0.0745. The first kappa shape index (κ1) is 114. The van der Waals surface area contributed by atoms with Crippen molar-refractivity contribution in [1.82, 2.24) is 34.3 Å². The molecule has 7 fully saturated rings. The average Bonchev–Trinajstić information content (AvgIpc) is 0.787. The van der Waals surface area contributed by atoms with Gasteiger partial charge in [-0.2, -0.15) is 0 Å². The van der Waals surface area contributed by atoms with Crippen molar-refractivity contribution in [3.63, 3.8) is 0 Å². The van der Waals surface area contributed by atoms with Crippen LogP contribution in [-0.4, -0.2) is 272 Å². The van der Waals surface area contributed by atoms with Crippen molar-refractivity contribution in [3.8, 4) is 11.5 Å². The molecule has 2 aliphatic carbocycles. The number of halogens is 2. The van der Waals surface area contributed by atoms with Gasteiger partial charge in [0.15, 0.2) is 0 Å². The number of aryl methyl sites for hydroxylation is 1. The molecule has 0 unspecified atom stereocenters. The maximum Gasteiger partial charge on any atom is 0.146 e. The number of nitrogens with zero attached hydrogens (tertiary/aromatic N) is 13. The summed E-state index contributed by atoms with van der Waals surface area (Å²) in [5.41, 5.74) is 19.0. The van der Waals surface area contributed by atoms with Gasteiger partial charge in [-0.3, -0.25) is 0 Å². The highest BCUT2D eigenvalue weighted by molar-refractivity contribution is 6.33. The van der Waals surface area contributed by atoms with E-state index < -0.39 is 0 Å². The fourth-order valence-electron chi connectivity index (χ4n) is 20.6. The summed E-state index contributed by atoms with van der Waals surface area (Å²) in [6, 6.07) is 55.9. The molecule has 0 bridgehead atoms. The second-order valence-corrected chi connectivity index (χ2v) is 44.6. The summed E-state index contributed by atoms with van der Waals surface area (Å²) in [6.45, 7) is 44.1. The van der Waals surface area contributed by atoms with Gasteiger partial charge in [0.25, 0.3) is 0 Å². The molecule has 760 valence electrons. The zero-order valence-corrected chi connectivity index (χ0v) is 92.1. The first-order valence-corrected chi connectivity index (χ1v) is 53.0. The number of hydrogen-bond donors (Lipinski definition) is 1. The molecule has 0 spiro atoms. The normalized spacial score (nSPS) is 19.2. The van der Waals surface area contributed by atoms with Crippen LogP contribution in [0.2, 0.25) is 5.02 Å². The Morgan fingerprint density at radius 1 is 0.309 bits per heavy atom. The van der Waals surface area contributed by atoms with Crippen LogP contribution in [0.1, 0.15) is 304 Å². The quantitative estimate of drug-likeness (QED) is 0.0589. The summed E-state index contributed by atoms with van der Waals surface area (Å²) in [4.78, 5) is 30.9. The van der Waals surface area contributed by atoms with E-state index in [-0.39, 0.29) is 12.4 Å². The Kier molecular flexibility index (Phi) is 47.4. The number of aliphatic hydroxyl groups excluding tert-OH is 1. The minimum atomic E-state index is -0.0745. The van der Waals surface area contributed by atoms with Crippen molar-refractivity contribution in [2.24, 2.45) is 0 Å². The highest BCUT2D eigenvalue weighted by Crippen LogP contribution is 2.39. The molecule has 0 atom stereocenters. The monoisotopic (exact) mass is 1890 g/mol. The van der Waals surface area contributed by atoms with Crippen LogP contribution in [0.4, 0.5) is 38.5 Å². The largest absolute Gasteiger partial charge is 0.495 e. The van der Waals surface area contributed by atoms with Crippen molar-refractivity contribution >= 4 is 45.7 Å². The topological polar surface area (TPSA) is 80.8 Å². The highest BCUT2D eigenvalue weighted by atomic mass is 35.5. The summed E-state index contributed by atoms with van der Waals surface area (Å²) < 4.78 is 25.9. The van der Waals surface area contributed by atoms with Crippen LogP contribution >= 0.6 is 11.6 Å². The van der Waals surface area contributed by atoms with E-state index in [0.717, 1.165) is 117 Å². The van der Waals surface area contributed by atoms with Crippen LogP contribution in [-0.2, 0) is 6.61 Å². The van der Waals surface area contributed by atoms with Gasteiger partial charge in [0.05, 0.1) is 41.9 Å². The summed E-state index contributed by atoms with van der Waals surface area (Å²) in [6.07, 6.45) is 22.6. The maximum absolute atomic E-state index is 14.2. The van der Waals surface area contributed by atoms with Crippen LogP contribution in [0.15, 0.2) is 140 Å². The fourth-order valence-corrected chi connectivity index (χ4v) is 20.9. The Hall–Kier alpha value is -7.16. The number of aliphatic hydroxyl groups is 1. The number of ether oxygens (including phenoxy) is 2. The van der Waals surface area contributed by atoms with Crippen LogP contribution in [0, 0.1) is 12.7 Å². The molecule has 7 aromatic carbocycles. The molecule has 16 nitrogen and oxygen atoms in total. The Bertz CT molecular complexity index is 4230. The molecule has 1 N–H and O–H groups in total. The number of benzene rings is 7. The lowest BCUT2D eigenvalue weighted by molar-refractivity contribution is 0.111. The molecule has 5 heterocycles. The Morgan fingerprint density at radius 2 is 0.581 bits per heavy atom. The Labute approximate surface area is 835 Å². The predicted octanol–water partition coefficient (Wildman–Crippen LogP) is 25.5. The second-order valence-electron chi connectivity index (χ2n) is 44.1. The lowest BCUT2D eigenvalue weighted by Gasteiger charge is -2.38. The highest BCUT2D eigenvalue weighted by Gasteiger charge is 2.31. The summed E-state index contributed by atoms with van der Waals surface area (Å²) >= 11 is 6.45. The van der Waals surface area contributed by atoms with E-state index in [1.54, 1.807) is 13.2 Å². The molecular formula is C118H191ClFN13O3. The standard InChI is InChI=1S/C18H30N2.2C17H28N2O.C17H28N2.C17H27NO.C16H25ClN2.C16H25FN2/c1-14(2)15-6-8-17(9-7-15)20(5)18-12-10-16(11-13-18)19(3)4;1-13(2)14-6-7-16(17(12-14)20-5)19-10-8-15(9-11-19)18(3)4;1-13(2)14-5-6-17(15(11-14)12-20)19-9-7-16(8-10-19)18(3)4;1-13(2)15-6-7-17(14(3)12-15)19-10-8-16(9-11-19)18(4)5;1-13(2)14-5-9-16(10-6-14)19-17-11-7-15(8-12-17)18(3)4;2*1-12(2)13-5-6-16(15(17)11-13)19-9-7-14(8-10-19)18(3)4/h6-9,14,16,18H,10-13H2,1-5H3;6-7,12-13,15H,8-11H2,1-5H3;5-6,11,13,16,20H,7-10,12H2,1-4H3;6-7,12-13,16H,8-11H2,1-5H3;5-6,9-10,13,15,17H,7-8,11-12H2,1-4H3;2*5-6,11-12,14H,7-10H2,1-4H3. The van der Waals surface area contributed by atoms with E-state index >= 15 is 0 Å². The van der Waals surface area contributed by atoms with Gasteiger partial charge in [0.1, 0.15) is 17.3 Å². The van der Waals surface area contributed by atoms with Crippen molar-refractivity contribution in [2.45, 2.75) is 322 Å². The zero-order chi connectivity index (χ0) is 99.9. The van der Waals surface area contributed by atoms with Crippen LogP contribution in [0.5, 0.6) is 11.5 Å². The van der Waals surface area contributed by atoms with Crippen LogP contribution in [0.25, 0.3) is 0 Å². The Balaban J connectivity index is 0.000000195. The molecule has 14 rings (SSSR count). The Morgan fingerprint density at radius 3 is 0.926 bits per heavy atom. The molecule has 7 aromatic rings. The van der Waals surface area contributed by atoms with Crippen molar-refractivity contribution in [1.29, 1.82) is 0 Å². The lowest BCUT2D eigenvalue weighted by atomic mass is 9.89. The second kappa shape index (κ2) is 56.5. The van der Waals surface area contributed by atoms with Gasteiger partial charge in [-0.15, -0.1) is 0 Å². The number of rotatable bonds is 25. The summed E-state index contributed by atoms with van der Waals surface area (Å²) in [5, 5.41) is 10.6. The molecule has 136 heavy (non-hydrogen) atoms. The molecule has 7 aliphatic rings. The average molecular weight is 1890 g/mol. The van der Waals surface area contributed by atoms with Gasteiger partial charge in [0.2, 0.25) is 0 Å². The third kappa shape index (κ3) is 34.9. The SMILES string of the molecule is CC(C)c1ccc(N(C)C2CCC(N(C)C)CC2)cc1.CC(C)c1ccc(N2CCC(N(C)C)CC2)c(CO)c1.CC(C)c1ccc(N2CCC(N(C)C)CC2)c(Cl)c1.CC(C)c1ccc(N2CCC(N(C)C)CC2)c(F)c1.CC(C)c1ccc(OC2CCC(N(C)C)CC2)cc1.COc1cc(C(C)C)ccc1N1CCC(N(C)C)CC1.Cc1cc(C(C)C)ccc1N1CCC(N(C)C)CC1. The molecular weight excluding hydrogens is 1700 g/mol. The van der Waals surface area contributed by atoms with Crippen molar-refractivity contribution in [2.75, 3.05) is 208 Å². The zero-order valence-electron chi connectivity index (χ0n) is 91.4. The summed E-state index contributed by atoms with van der Waals surface area (Å²) in [5.74, 6) is 5.74. The van der Waals surface area contributed by atoms with Gasteiger partial charge in [-0.05, 0) is 380 Å². The third-order valence-electron chi connectivity index (χ3n) is 30.8. The number of anilines is 6. The summed E-state index contributed by atoms with van der Waals surface area (Å²) in [7, 11) is 34.5.